The topological polar surface area (TPSA) is 94.3 Å². The molecule has 0 radical (unpaired) electrons. The fourth-order valence-electron chi connectivity index (χ4n) is 1.30. The van der Waals surface area contributed by atoms with Crippen molar-refractivity contribution >= 4 is 19.9 Å². The minimum Gasteiger partial charge on any atom is -0.229 e. The molecule has 0 aromatic carbocycles. The summed E-state index contributed by atoms with van der Waals surface area (Å²) in [5.74, 6) is -0.345. The molecular formula is C5H11NO4S2. The zero-order chi connectivity index (χ0) is 9.41. The fourth-order valence-corrected chi connectivity index (χ4v) is 4.82. The molecule has 72 valence electrons. The van der Waals surface area contributed by atoms with E-state index >= 15 is 0 Å². The largest absolute Gasteiger partial charge is 0.229 e. The Labute approximate surface area is 71.9 Å². The molecule has 1 fully saturated rings. The number of hydrogen-bond acceptors (Lipinski definition) is 4. The van der Waals surface area contributed by atoms with E-state index in [1.54, 1.807) is 0 Å². The lowest BCUT2D eigenvalue weighted by Gasteiger charge is -2.05. The Morgan fingerprint density at radius 1 is 1.42 bits per heavy atom. The molecule has 0 aromatic rings. The second-order valence-electron chi connectivity index (χ2n) is 2.96. The zero-order valence-electron chi connectivity index (χ0n) is 6.43. The highest BCUT2D eigenvalue weighted by atomic mass is 32.2. The van der Waals surface area contributed by atoms with Gasteiger partial charge in [-0.05, 0) is 12.8 Å². The lowest BCUT2D eigenvalue weighted by atomic mass is 10.3. The standard InChI is InChI=1S/C5H11NO4S2/c6-12(9,10)4-5-2-1-3-11(5,7)8/h5H,1-4H2,(H2,6,9,10). The summed E-state index contributed by atoms with van der Waals surface area (Å²) in [5.41, 5.74) is 0. The van der Waals surface area contributed by atoms with E-state index in [-0.39, 0.29) is 5.75 Å². The van der Waals surface area contributed by atoms with Crippen molar-refractivity contribution in [2.24, 2.45) is 5.14 Å². The van der Waals surface area contributed by atoms with Gasteiger partial charge in [-0.1, -0.05) is 0 Å². The Morgan fingerprint density at radius 3 is 2.33 bits per heavy atom. The predicted molar refractivity (Wildman–Crippen MR) is 44.8 cm³/mol. The molecular weight excluding hydrogens is 202 g/mol. The van der Waals surface area contributed by atoms with Gasteiger partial charge < -0.3 is 0 Å². The first-order chi connectivity index (χ1) is 5.31. The number of primary sulfonamides is 1. The fraction of sp³-hybridized carbons (Fsp3) is 1.00. The van der Waals surface area contributed by atoms with Crippen molar-refractivity contribution in [2.45, 2.75) is 18.1 Å². The van der Waals surface area contributed by atoms with Crippen LogP contribution in [0.5, 0.6) is 0 Å². The molecule has 0 saturated carbocycles. The van der Waals surface area contributed by atoms with Gasteiger partial charge in [0, 0.05) is 0 Å². The first-order valence-electron chi connectivity index (χ1n) is 3.53. The van der Waals surface area contributed by atoms with Crippen LogP contribution in [0, 0.1) is 0 Å². The second-order valence-corrected chi connectivity index (χ2v) is 7.02. The molecule has 12 heavy (non-hydrogen) atoms. The van der Waals surface area contributed by atoms with Gasteiger partial charge in [0.2, 0.25) is 10.0 Å². The minimum absolute atomic E-state index is 0.0905. The van der Waals surface area contributed by atoms with Crippen LogP contribution in [0.15, 0.2) is 0 Å². The zero-order valence-corrected chi connectivity index (χ0v) is 8.07. The molecule has 0 aromatic heterocycles. The van der Waals surface area contributed by atoms with Crippen molar-refractivity contribution in [3.8, 4) is 0 Å². The number of sulfone groups is 1. The number of rotatable bonds is 2. The highest BCUT2D eigenvalue weighted by molar-refractivity contribution is 7.94. The highest BCUT2D eigenvalue weighted by Gasteiger charge is 2.33. The van der Waals surface area contributed by atoms with Crippen LogP contribution in [0.25, 0.3) is 0 Å². The van der Waals surface area contributed by atoms with E-state index in [4.69, 9.17) is 5.14 Å². The number of hydrogen-bond donors (Lipinski definition) is 1. The molecule has 0 spiro atoms. The summed E-state index contributed by atoms with van der Waals surface area (Å²) in [4.78, 5) is 0. The van der Waals surface area contributed by atoms with Gasteiger partial charge in [0.15, 0.2) is 9.84 Å². The van der Waals surface area contributed by atoms with Gasteiger partial charge in [-0.3, -0.25) is 0 Å². The van der Waals surface area contributed by atoms with Gasteiger partial charge in [0.1, 0.15) is 0 Å². The van der Waals surface area contributed by atoms with Crippen LogP contribution in [-0.2, 0) is 19.9 Å². The third-order valence-electron chi connectivity index (χ3n) is 1.88. The maximum atomic E-state index is 11.1. The molecule has 2 N–H and O–H groups in total. The number of sulfonamides is 1. The van der Waals surface area contributed by atoms with Crippen molar-refractivity contribution in [2.75, 3.05) is 11.5 Å². The van der Waals surface area contributed by atoms with Gasteiger partial charge in [0.25, 0.3) is 0 Å². The van der Waals surface area contributed by atoms with E-state index < -0.39 is 30.9 Å². The van der Waals surface area contributed by atoms with Crippen molar-refractivity contribution in [1.29, 1.82) is 0 Å². The molecule has 1 aliphatic heterocycles. The Kier molecular flexibility index (Phi) is 2.46. The second kappa shape index (κ2) is 2.97. The van der Waals surface area contributed by atoms with E-state index in [1.165, 1.54) is 0 Å². The van der Waals surface area contributed by atoms with Crippen molar-refractivity contribution in [3.63, 3.8) is 0 Å². The van der Waals surface area contributed by atoms with Crippen LogP contribution in [-0.4, -0.2) is 33.6 Å². The number of nitrogens with two attached hydrogens (primary N) is 1. The monoisotopic (exact) mass is 213 g/mol. The summed E-state index contributed by atoms with van der Waals surface area (Å²) in [7, 11) is -6.84. The van der Waals surface area contributed by atoms with Gasteiger partial charge in [-0.2, -0.15) is 0 Å². The Balaban J connectivity index is 2.79. The van der Waals surface area contributed by atoms with Gasteiger partial charge in [0.05, 0.1) is 16.8 Å². The molecule has 5 nitrogen and oxygen atoms in total. The van der Waals surface area contributed by atoms with E-state index in [1.807, 2.05) is 0 Å². The third kappa shape index (κ3) is 2.43. The normalized spacial score (nSPS) is 28.9. The van der Waals surface area contributed by atoms with E-state index in [0.717, 1.165) is 0 Å². The molecule has 7 heteroatoms. The van der Waals surface area contributed by atoms with Gasteiger partial charge in [-0.15, -0.1) is 0 Å². The average molecular weight is 213 g/mol. The van der Waals surface area contributed by atoms with Crippen LogP contribution in [0.3, 0.4) is 0 Å². The molecule has 0 aliphatic carbocycles. The average Bonchev–Trinajstić information content (AvgIpc) is 2.07. The lowest BCUT2D eigenvalue weighted by Crippen LogP contribution is -2.29. The Morgan fingerprint density at radius 2 is 2.00 bits per heavy atom. The SMILES string of the molecule is NS(=O)(=O)CC1CCCS1(=O)=O. The molecule has 1 atom stereocenters. The molecule has 0 amide bonds. The van der Waals surface area contributed by atoms with E-state index in [9.17, 15) is 16.8 Å². The summed E-state index contributed by atoms with van der Waals surface area (Å²) in [5, 5.41) is 3.97. The van der Waals surface area contributed by atoms with Gasteiger partial charge in [-0.25, -0.2) is 22.0 Å². The van der Waals surface area contributed by atoms with Crippen LogP contribution in [0.1, 0.15) is 12.8 Å². The summed E-state index contributed by atoms with van der Waals surface area (Å²) in [6.07, 6.45) is 0.960. The smallest absolute Gasteiger partial charge is 0.210 e. The molecule has 1 heterocycles. The first-order valence-corrected chi connectivity index (χ1v) is 6.96. The minimum atomic E-state index is -3.66. The predicted octanol–water partition coefficient (Wildman–Crippen LogP) is -1.15. The maximum Gasteiger partial charge on any atom is 0.210 e. The van der Waals surface area contributed by atoms with Crippen LogP contribution in [0.4, 0.5) is 0 Å². The maximum absolute atomic E-state index is 11.1. The van der Waals surface area contributed by atoms with E-state index in [2.05, 4.69) is 0 Å². The molecule has 1 unspecified atom stereocenters. The van der Waals surface area contributed by atoms with Crippen molar-refractivity contribution < 1.29 is 16.8 Å². The summed E-state index contributed by atoms with van der Waals surface area (Å²) in [6.45, 7) is 0. The van der Waals surface area contributed by atoms with Crippen LogP contribution in [0.2, 0.25) is 0 Å². The van der Waals surface area contributed by atoms with Crippen LogP contribution < -0.4 is 5.14 Å². The van der Waals surface area contributed by atoms with Crippen molar-refractivity contribution in [3.05, 3.63) is 0 Å². The lowest BCUT2D eigenvalue weighted by molar-refractivity contribution is 0.581. The summed E-state index contributed by atoms with van der Waals surface area (Å²) in [6, 6.07) is 0. The summed E-state index contributed by atoms with van der Waals surface area (Å²) < 4.78 is 43.4. The first kappa shape index (κ1) is 9.94. The van der Waals surface area contributed by atoms with Crippen molar-refractivity contribution in [1.82, 2.24) is 0 Å². The van der Waals surface area contributed by atoms with Gasteiger partial charge >= 0.3 is 0 Å². The summed E-state index contributed by atoms with van der Waals surface area (Å²) >= 11 is 0. The molecule has 1 saturated heterocycles. The Bertz CT molecular complexity index is 355. The molecule has 1 rings (SSSR count). The molecule has 1 aliphatic rings. The highest BCUT2D eigenvalue weighted by Crippen LogP contribution is 2.20. The van der Waals surface area contributed by atoms with Crippen LogP contribution >= 0.6 is 0 Å². The quantitative estimate of drug-likeness (QED) is 0.626. The third-order valence-corrected chi connectivity index (χ3v) is 5.23. The molecule has 0 bridgehead atoms. The van der Waals surface area contributed by atoms with E-state index in [0.29, 0.717) is 12.8 Å². The Hall–Kier alpha value is -0.140.